The summed E-state index contributed by atoms with van der Waals surface area (Å²) >= 11 is 0. The Morgan fingerprint density at radius 2 is 1.61 bits per heavy atom. The highest BCUT2D eigenvalue weighted by Crippen LogP contribution is 2.60. The number of phenolic OH excluding ortho intramolecular Hbond substituents is 1. The number of likely N-dealkylation sites (N-methyl/N-ethyl adjacent to an activating group) is 1. The number of rotatable bonds is 7. The summed E-state index contributed by atoms with van der Waals surface area (Å²) in [5.41, 5.74) is 4.68. The number of ketones is 2. The number of Topliss-reactive ketones (excluding diaryl/α,β-unsaturated/α-hetero) is 2. The lowest BCUT2D eigenvalue weighted by Gasteiger charge is -2.57. The van der Waals surface area contributed by atoms with E-state index in [0.717, 1.165) is 35.5 Å². The maximum atomic E-state index is 14.1. The number of aromatic hydroxyl groups is 1. The lowest BCUT2D eigenvalue weighted by atomic mass is 9.49. The fourth-order valence-corrected chi connectivity index (χ4v) is 11.0. The Morgan fingerprint density at radius 3 is 2.15 bits per heavy atom. The number of benzene rings is 1. The van der Waals surface area contributed by atoms with E-state index in [1.165, 1.54) is 43.4 Å². The molecule has 7 N–H and O–H groups in total. The summed E-state index contributed by atoms with van der Waals surface area (Å²) in [6.07, 6.45) is 8.34. The average molecular weight is 635 g/mol. The number of hydrogen-bond acceptors (Lipinski definition) is 10. The molecule has 46 heavy (non-hydrogen) atoms. The fraction of sp³-hybridized carbons (Fsp3) is 0.629. The Kier molecular flexibility index (Phi) is 7.16. The van der Waals surface area contributed by atoms with Gasteiger partial charge in [-0.05, 0) is 112 Å². The molecule has 7 aliphatic rings. The lowest BCUT2D eigenvalue weighted by molar-refractivity contribution is -0.153. The third kappa shape index (κ3) is 4.37. The van der Waals surface area contributed by atoms with Crippen LogP contribution in [0, 0.1) is 35.0 Å². The molecule has 1 aromatic rings. The molecule has 11 nitrogen and oxygen atoms in total. The highest BCUT2D eigenvalue weighted by atomic mass is 16.3. The molecule has 1 aromatic carbocycles. The zero-order valence-corrected chi connectivity index (χ0v) is 27.1. The van der Waals surface area contributed by atoms with Crippen molar-refractivity contribution in [1.29, 1.82) is 0 Å². The molecular formula is C35H46N4O7. The molecular weight excluding hydrogens is 588 g/mol. The van der Waals surface area contributed by atoms with Crippen LogP contribution in [-0.2, 0) is 27.3 Å². The van der Waals surface area contributed by atoms with Crippen LogP contribution in [0.1, 0.15) is 61.6 Å². The van der Waals surface area contributed by atoms with Gasteiger partial charge in [-0.25, -0.2) is 0 Å². The van der Waals surface area contributed by atoms with E-state index in [-0.39, 0.29) is 29.7 Å². The monoisotopic (exact) mass is 634 g/mol. The molecule has 0 aliphatic heterocycles. The smallest absolute Gasteiger partial charge is 0.255 e. The topological polar surface area (TPSA) is 177 Å². The van der Waals surface area contributed by atoms with Crippen molar-refractivity contribution in [1.82, 2.24) is 10.2 Å². The van der Waals surface area contributed by atoms with Crippen molar-refractivity contribution in [2.45, 2.75) is 69.6 Å². The summed E-state index contributed by atoms with van der Waals surface area (Å²) in [7, 11) is 7.01. The van der Waals surface area contributed by atoms with Gasteiger partial charge in [-0.3, -0.25) is 19.3 Å². The van der Waals surface area contributed by atoms with Crippen LogP contribution in [0.25, 0.3) is 5.76 Å². The van der Waals surface area contributed by atoms with Crippen LogP contribution in [0.3, 0.4) is 0 Å². The van der Waals surface area contributed by atoms with Crippen molar-refractivity contribution in [3.8, 4) is 5.75 Å². The second kappa shape index (κ2) is 10.6. The second-order valence-corrected chi connectivity index (χ2v) is 15.6. The van der Waals surface area contributed by atoms with Gasteiger partial charge >= 0.3 is 0 Å². The summed E-state index contributed by atoms with van der Waals surface area (Å²) in [6.45, 7) is 1.46. The van der Waals surface area contributed by atoms with E-state index in [0.29, 0.717) is 17.5 Å². The second-order valence-electron chi connectivity index (χ2n) is 15.6. The molecule has 5 fully saturated rings. The van der Waals surface area contributed by atoms with Gasteiger partial charge in [0.15, 0.2) is 11.4 Å². The lowest BCUT2D eigenvalue weighted by Crippen LogP contribution is -2.65. The van der Waals surface area contributed by atoms with E-state index in [1.807, 2.05) is 19.0 Å². The molecule has 11 heteroatoms. The number of anilines is 1. The predicted molar refractivity (Wildman–Crippen MR) is 171 cm³/mol. The number of primary amides is 1. The first-order valence-corrected chi connectivity index (χ1v) is 16.6. The van der Waals surface area contributed by atoms with E-state index >= 15 is 0 Å². The molecule has 0 unspecified atom stereocenters. The maximum absolute atomic E-state index is 14.1. The van der Waals surface area contributed by atoms with Gasteiger partial charge in [0.2, 0.25) is 5.78 Å². The van der Waals surface area contributed by atoms with Gasteiger partial charge in [-0.15, -0.1) is 0 Å². The van der Waals surface area contributed by atoms with Crippen molar-refractivity contribution in [3.05, 3.63) is 39.7 Å². The number of carbonyl (C=O) groups is 3. The number of amides is 1. The van der Waals surface area contributed by atoms with Crippen LogP contribution in [0.5, 0.6) is 5.75 Å². The number of aliphatic hydroxyl groups is 3. The minimum atomic E-state index is -2.65. The normalized spacial score (nSPS) is 36.2. The summed E-state index contributed by atoms with van der Waals surface area (Å²) in [4.78, 5) is 43.2. The zero-order valence-electron chi connectivity index (χ0n) is 27.1. The molecule has 4 bridgehead atoms. The molecule has 0 radical (unpaired) electrons. The average Bonchev–Trinajstić information content (AvgIpc) is 2.93. The Bertz CT molecular complexity index is 1570. The molecule has 0 aromatic heterocycles. The molecule has 8 rings (SSSR count). The number of nitrogens with one attached hydrogen (secondary N) is 1. The number of carbonyl (C=O) groups excluding carboxylic acids is 3. The Balaban J connectivity index is 1.25. The van der Waals surface area contributed by atoms with Gasteiger partial charge in [-0.2, -0.15) is 0 Å². The van der Waals surface area contributed by atoms with Crippen LogP contribution in [0.2, 0.25) is 0 Å². The number of nitrogens with zero attached hydrogens (tertiary/aromatic N) is 2. The van der Waals surface area contributed by atoms with E-state index in [2.05, 4.69) is 5.32 Å². The van der Waals surface area contributed by atoms with E-state index in [1.54, 1.807) is 20.2 Å². The molecule has 248 valence electrons. The van der Waals surface area contributed by atoms with Crippen molar-refractivity contribution < 1.29 is 34.8 Å². The number of fused-ring (bicyclic) bond motifs is 3. The van der Waals surface area contributed by atoms with Crippen LogP contribution >= 0.6 is 0 Å². The number of nitrogens with two attached hydrogens (primary N) is 1. The first-order valence-electron chi connectivity index (χ1n) is 16.6. The summed E-state index contributed by atoms with van der Waals surface area (Å²) in [5, 5.41) is 49.7. The van der Waals surface area contributed by atoms with Gasteiger partial charge in [-0.1, -0.05) is 0 Å². The minimum Gasteiger partial charge on any atom is -0.508 e. The van der Waals surface area contributed by atoms with Gasteiger partial charge < -0.3 is 36.4 Å². The maximum Gasteiger partial charge on any atom is 0.255 e. The molecule has 1 amide bonds. The van der Waals surface area contributed by atoms with Crippen molar-refractivity contribution in [3.63, 3.8) is 0 Å². The Labute approximate surface area is 269 Å². The highest BCUT2D eigenvalue weighted by molar-refractivity contribution is 6.24. The fourth-order valence-electron chi connectivity index (χ4n) is 11.0. The quantitative estimate of drug-likeness (QED) is 0.244. The zero-order chi connectivity index (χ0) is 33.0. The largest absolute Gasteiger partial charge is 0.508 e. The third-order valence-corrected chi connectivity index (χ3v) is 12.2. The number of aliphatic hydroxyl groups excluding tert-OH is 2. The van der Waals surface area contributed by atoms with Crippen molar-refractivity contribution in [2.75, 3.05) is 39.6 Å². The van der Waals surface area contributed by atoms with Crippen LogP contribution < -0.4 is 16.0 Å². The molecule has 4 atom stereocenters. The van der Waals surface area contributed by atoms with E-state index in [4.69, 9.17) is 5.73 Å². The molecule has 0 saturated heterocycles. The minimum absolute atomic E-state index is 0.0634. The first-order chi connectivity index (χ1) is 21.7. The van der Waals surface area contributed by atoms with Gasteiger partial charge in [0.25, 0.3) is 5.91 Å². The molecule has 0 heterocycles. The SMILES string of the molecule is CN(C)c1c(CNCC23CC4CC(CC(C4)C2)C3)cc(O)c2c1C[C@H]1C[C@H]3[C@H](N(C)C)C(=O)C(C(N)=O)=C(O)[C@@]3(O)C(=O)C1=C2O. The van der Waals surface area contributed by atoms with Gasteiger partial charge in [0, 0.05) is 44.4 Å². The Morgan fingerprint density at radius 1 is 1.00 bits per heavy atom. The predicted octanol–water partition coefficient (Wildman–Crippen LogP) is 2.34. The van der Waals surface area contributed by atoms with E-state index < -0.39 is 58.0 Å². The third-order valence-electron chi connectivity index (χ3n) is 12.2. The van der Waals surface area contributed by atoms with Crippen molar-refractivity contribution in [2.24, 2.45) is 40.7 Å². The summed E-state index contributed by atoms with van der Waals surface area (Å²) in [6, 6.07) is 0.520. The van der Waals surface area contributed by atoms with E-state index in [9.17, 15) is 34.8 Å². The van der Waals surface area contributed by atoms with Crippen molar-refractivity contribution >= 4 is 28.9 Å². The Hall–Kier alpha value is -3.41. The standard InChI is InChI=1S/C35H46N4O7/c1-38(2)27-20(14-37-15-34-11-16-5-17(12-34)7-18(6-16)13-34)10-23(40)25-21(27)8-19-9-22-28(39(3)4)30(42)26(33(36)45)32(44)35(22,46)31(43)24(19)29(25)41/h10,16-19,22,28,37,40-41,44,46H,5-9,11-15H2,1-4H3,(H2,36,45)/t16?,17?,18?,19-,22-,28-,34?,35-/m0/s1. The van der Waals surface area contributed by atoms with Gasteiger partial charge in [0.05, 0.1) is 11.6 Å². The number of hydrogen-bond donors (Lipinski definition) is 6. The van der Waals surface area contributed by atoms with Crippen LogP contribution in [0.15, 0.2) is 23.0 Å². The van der Waals surface area contributed by atoms with Crippen LogP contribution in [0.4, 0.5) is 5.69 Å². The van der Waals surface area contributed by atoms with Gasteiger partial charge in [0.1, 0.15) is 22.8 Å². The van der Waals surface area contributed by atoms with Crippen LogP contribution in [-0.4, -0.2) is 89.2 Å². The summed E-state index contributed by atoms with van der Waals surface area (Å²) < 4.78 is 0. The summed E-state index contributed by atoms with van der Waals surface area (Å²) in [5.74, 6) is -3.90. The molecule has 0 spiro atoms. The highest BCUT2D eigenvalue weighted by Gasteiger charge is 2.64. The first kappa shape index (κ1) is 31.2. The molecule has 5 saturated carbocycles. The molecule has 7 aliphatic carbocycles. The number of phenols is 1.